The molecule has 1 aromatic carbocycles. The fraction of sp³-hybridized carbons (Fsp3) is 0.455. The molecule has 0 saturated heterocycles. The van der Waals surface area contributed by atoms with Crippen LogP contribution in [0, 0.1) is 11.7 Å². The fourth-order valence-corrected chi connectivity index (χ4v) is 2.37. The summed E-state index contributed by atoms with van der Waals surface area (Å²) in [5, 5.41) is 0. The van der Waals surface area contributed by atoms with E-state index in [9.17, 15) is 12.8 Å². The van der Waals surface area contributed by atoms with E-state index in [0.29, 0.717) is 12.5 Å². The van der Waals surface area contributed by atoms with Gasteiger partial charge in [0.2, 0.25) is 9.84 Å². The summed E-state index contributed by atoms with van der Waals surface area (Å²) in [4.78, 5) is -0.0247. The van der Waals surface area contributed by atoms with Crippen LogP contribution >= 0.6 is 0 Å². The Labute approximate surface area is 94.2 Å². The second-order valence-corrected chi connectivity index (χ2v) is 5.94. The van der Waals surface area contributed by atoms with Gasteiger partial charge < -0.3 is 4.74 Å². The first-order chi connectivity index (χ1) is 7.58. The number of halogens is 1. The average molecular weight is 244 g/mol. The van der Waals surface area contributed by atoms with Crippen LogP contribution < -0.4 is 0 Å². The zero-order valence-corrected chi connectivity index (χ0v) is 9.54. The van der Waals surface area contributed by atoms with E-state index in [1.807, 2.05) is 0 Å². The Bertz CT molecular complexity index is 466. The first-order valence-electron chi connectivity index (χ1n) is 5.14. The SMILES string of the molecule is O=S(=O)(COCC1CC1)c1cccc(F)c1. The summed E-state index contributed by atoms with van der Waals surface area (Å²) < 4.78 is 41.3. The van der Waals surface area contributed by atoms with E-state index in [1.54, 1.807) is 0 Å². The third-order valence-electron chi connectivity index (χ3n) is 2.44. The molecule has 0 heterocycles. The van der Waals surface area contributed by atoms with Crippen molar-refractivity contribution < 1.29 is 17.5 Å². The molecule has 0 radical (unpaired) electrons. The van der Waals surface area contributed by atoms with Crippen LogP contribution in [-0.2, 0) is 14.6 Å². The molecule has 0 amide bonds. The molecular formula is C11H13FO3S. The number of rotatable bonds is 5. The molecule has 0 aliphatic heterocycles. The third-order valence-corrected chi connectivity index (χ3v) is 3.89. The van der Waals surface area contributed by atoms with Gasteiger partial charge in [-0.2, -0.15) is 0 Å². The number of sulfone groups is 1. The average Bonchev–Trinajstić information content (AvgIpc) is 3.01. The van der Waals surface area contributed by atoms with Gasteiger partial charge in [0, 0.05) is 0 Å². The van der Waals surface area contributed by atoms with Gasteiger partial charge in [0.15, 0.2) is 5.94 Å². The highest BCUT2D eigenvalue weighted by molar-refractivity contribution is 7.91. The number of hydrogen-bond donors (Lipinski definition) is 0. The standard InChI is InChI=1S/C11H13FO3S/c12-10-2-1-3-11(6-10)16(13,14)8-15-7-9-4-5-9/h1-3,6,9H,4-5,7-8H2. The molecule has 0 N–H and O–H groups in total. The Balaban J connectivity index is 1.99. The Morgan fingerprint density at radius 3 is 2.75 bits per heavy atom. The van der Waals surface area contributed by atoms with Crippen LogP contribution in [0.3, 0.4) is 0 Å². The van der Waals surface area contributed by atoms with Crippen molar-refractivity contribution in [3.63, 3.8) is 0 Å². The van der Waals surface area contributed by atoms with E-state index < -0.39 is 15.7 Å². The minimum Gasteiger partial charge on any atom is -0.365 e. The van der Waals surface area contributed by atoms with Crippen molar-refractivity contribution >= 4 is 9.84 Å². The maximum Gasteiger partial charge on any atom is 0.202 e. The Hall–Kier alpha value is -0.940. The van der Waals surface area contributed by atoms with E-state index in [2.05, 4.69) is 0 Å². The summed E-state index contributed by atoms with van der Waals surface area (Å²) >= 11 is 0. The Morgan fingerprint density at radius 1 is 1.38 bits per heavy atom. The minimum atomic E-state index is -3.51. The second kappa shape index (κ2) is 4.51. The zero-order chi connectivity index (χ0) is 11.6. The van der Waals surface area contributed by atoms with Crippen molar-refractivity contribution in [1.29, 1.82) is 0 Å². The van der Waals surface area contributed by atoms with Gasteiger partial charge in [0.1, 0.15) is 5.82 Å². The van der Waals surface area contributed by atoms with Gasteiger partial charge in [-0.25, -0.2) is 12.8 Å². The molecule has 0 bridgehead atoms. The highest BCUT2D eigenvalue weighted by Crippen LogP contribution is 2.29. The largest absolute Gasteiger partial charge is 0.365 e. The minimum absolute atomic E-state index is 0.0247. The Morgan fingerprint density at radius 2 is 2.12 bits per heavy atom. The molecule has 1 saturated carbocycles. The van der Waals surface area contributed by atoms with Crippen molar-refractivity contribution in [2.24, 2.45) is 5.92 Å². The molecule has 0 spiro atoms. The highest BCUT2D eigenvalue weighted by Gasteiger charge is 2.23. The lowest BCUT2D eigenvalue weighted by molar-refractivity contribution is 0.165. The van der Waals surface area contributed by atoms with Gasteiger partial charge in [0.05, 0.1) is 11.5 Å². The summed E-state index contributed by atoms with van der Waals surface area (Å²) in [5.74, 6) is -0.404. The first-order valence-corrected chi connectivity index (χ1v) is 6.79. The number of hydrogen-bond acceptors (Lipinski definition) is 3. The molecule has 1 aromatic rings. The summed E-state index contributed by atoms with van der Waals surface area (Å²) in [5.41, 5.74) is 0. The van der Waals surface area contributed by atoms with Crippen LogP contribution in [0.4, 0.5) is 4.39 Å². The molecule has 5 heteroatoms. The number of benzene rings is 1. The van der Waals surface area contributed by atoms with E-state index >= 15 is 0 Å². The molecule has 0 aromatic heterocycles. The summed E-state index contributed by atoms with van der Waals surface area (Å²) in [6.45, 7) is 0.481. The third kappa shape index (κ3) is 3.02. The van der Waals surface area contributed by atoms with Gasteiger partial charge in [-0.3, -0.25) is 0 Å². The molecule has 3 nitrogen and oxygen atoms in total. The van der Waals surface area contributed by atoms with Gasteiger partial charge in [0.25, 0.3) is 0 Å². The van der Waals surface area contributed by atoms with Gasteiger partial charge in [-0.05, 0) is 37.0 Å². The predicted molar refractivity (Wildman–Crippen MR) is 57.1 cm³/mol. The molecule has 1 aliphatic carbocycles. The van der Waals surface area contributed by atoms with E-state index in [0.717, 1.165) is 18.9 Å². The molecule has 1 fully saturated rings. The maximum absolute atomic E-state index is 12.9. The molecule has 1 aliphatic rings. The molecule has 16 heavy (non-hydrogen) atoms. The molecule has 0 unspecified atom stereocenters. The number of ether oxygens (including phenoxy) is 1. The Kier molecular flexibility index (Phi) is 3.25. The topological polar surface area (TPSA) is 43.4 Å². The van der Waals surface area contributed by atoms with Crippen molar-refractivity contribution in [2.45, 2.75) is 17.7 Å². The van der Waals surface area contributed by atoms with Gasteiger partial charge in [-0.1, -0.05) is 6.07 Å². The quantitative estimate of drug-likeness (QED) is 0.795. The van der Waals surface area contributed by atoms with Crippen LogP contribution in [0.2, 0.25) is 0 Å². The van der Waals surface area contributed by atoms with E-state index in [4.69, 9.17) is 4.74 Å². The summed E-state index contributed by atoms with van der Waals surface area (Å²) in [6.07, 6.45) is 2.22. The lowest BCUT2D eigenvalue weighted by Crippen LogP contribution is -2.11. The normalized spacial score (nSPS) is 16.3. The second-order valence-electron chi connectivity index (χ2n) is 4.00. The maximum atomic E-state index is 12.9. The van der Waals surface area contributed by atoms with Crippen molar-refractivity contribution in [1.82, 2.24) is 0 Å². The van der Waals surface area contributed by atoms with Crippen LogP contribution in [0.5, 0.6) is 0 Å². The molecular weight excluding hydrogens is 231 g/mol. The lowest BCUT2D eigenvalue weighted by atomic mass is 10.4. The van der Waals surface area contributed by atoms with Crippen LogP contribution in [-0.4, -0.2) is 21.0 Å². The van der Waals surface area contributed by atoms with Crippen LogP contribution in [0.15, 0.2) is 29.2 Å². The van der Waals surface area contributed by atoms with Crippen LogP contribution in [0.1, 0.15) is 12.8 Å². The zero-order valence-electron chi connectivity index (χ0n) is 8.73. The van der Waals surface area contributed by atoms with Crippen molar-refractivity contribution in [2.75, 3.05) is 12.5 Å². The van der Waals surface area contributed by atoms with Gasteiger partial charge in [-0.15, -0.1) is 0 Å². The molecule has 88 valence electrons. The predicted octanol–water partition coefficient (Wildman–Crippen LogP) is 1.98. The first kappa shape index (κ1) is 11.5. The molecule has 2 rings (SSSR count). The molecule has 0 atom stereocenters. The van der Waals surface area contributed by atoms with Crippen molar-refractivity contribution in [3.05, 3.63) is 30.1 Å². The van der Waals surface area contributed by atoms with Gasteiger partial charge >= 0.3 is 0 Å². The van der Waals surface area contributed by atoms with E-state index in [-0.39, 0.29) is 10.8 Å². The van der Waals surface area contributed by atoms with Crippen molar-refractivity contribution in [3.8, 4) is 0 Å². The van der Waals surface area contributed by atoms with Crippen LogP contribution in [0.25, 0.3) is 0 Å². The van der Waals surface area contributed by atoms with E-state index in [1.165, 1.54) is 18.2 Å². The monoisotopic (exact) mass is 244 g/mol. The summed E-state index contributed by atoms with van der Waals surface area (Å²) in [6, 6.07) is 4.97. The lowest BCUT2D eigenvalue weighted by Gasteiger charge is -2.05. The smallest absolute Gasteiger partial charge is 0.202 e. The highest BCUT2D eigenvalue weighted by atomic mass is 32.2. The summed E-state index contributed by atoms with van der Waals surface area (Å²) in [7, 11) is -3.51. The fourth-order valence-electron chi connectivity index (χ4n) is 1.34.